The van der Waals surface area contributed by atoms with Crippen LogP contribution < -0.4 is 11.1 Å². The van der Waals surface area contributed by atoms with E-state index >= 15 is 0 Å². The molecule has 5 heteroatoms. The van der Waals surface area contributed by atoms with Crippen molar-refractivity contribution in [1.29, 1.82) is 0 Å². The number of hydrogen-bond acceptors (Lipinski definition) is 3. The number of amides is 1. The molecule has 0 unspecified atom stereocenters. The molecule has 0 aromatic heterocycles. The van der Waals surface area contributed by atoms with E-state index < -0.39 is 5.97 Å². The number of carboxylic acid groups (broad SMARTS) is 1. The molecule has 86 valence electrons. The molecule has 0 aliphatic rings. The van der Waals surface area contributed by atoms with Crippen LogP contribution in [0.1, 0.15) is 15.9 Å². The first-order chi connectivity index (χ1) is 7.63. The molecule has 0 saturated carbocycles. The molecule has 0 heterocycles. The van der Waals surface area contributed by atoms with Gasteiger partial charge in [0.25, 0.3) is 0 Å². The van der Waals surface area contributed by atoms with Crippen molar-refractivity contribution in [3.8, 4) is 0 Å². The van der Waals surface area contributed by atoms with Gasteiger partial charge < -0.3 is 16.2 Å². The van der Waals surface area contributed by atoms with Gasteiger partial charge in [-0.2, -0.15) is 0 Å². The van der Waals surface area contributed by atoms with Gasteiger partial charge in [-0.05, 0) is 24.1 Å². The maximum absolute atomic E-state index is 10.8. The molecular weight excluding hydrogens is 208 g/mol. The highest BCUT2D eigenvalue weighted by molar-refractivity contribution is 5.87. The number of benzene rings is 1. The molecule has 1 aromatic carbocycles. The topological polar surface area (TPSA) is 92.4 Å². The first kappa shape index (κ1) is 12.2. The van der Waals surface area contributed by atoms with Crippen LogP contribution in [0.25, 0.3) is 0 Å². The van der Waals surface area contributed by atoms with Crippen molar-refractivity contribution in [1.82, 2.24) is 5.32 Å². The molecule has 1 rings (SSSR count). The van der Waals surface area contributed by atoms with Crippen LogP contribution in [0.4, 0.5) is 0 Å². The highest BCUT2D eigenvalue weighted by atomic mass is 16.4. The molecule has 0 radical (unpaired) electrons. The van der Waals surface area contributed by atoms with Crippen molar-refractivity contribution in [2.45, 2.75) is 6.42 Å². The molecule has 4 N–H and O–H groups in total. The van der Waals surface area contributed by atoms with Crippen LogP contribution in [0, 0.1) is 0 Å². The van der Waals surface area contributed by atoms with E-state index in [2.05, 4.69) is 5.32 Å². The Morgan fingerprint density at radius 2 is 1.88 bits per heavy atom. The number of hydrogen-bond donors (Lipinski definition) is 3. The summed E-state index contributed by atoms with van der Waals surface area (Å²) >= 11 is 0. The van der Waals surface area contributed by atoms with Gasteiger partial charge in [0.05, 0.1) is 12.1 Å². The molecule has 0 saturated heterocycles. The first-order valence-electron chi connectivity index (χ1n) is 4.92. The lowest BCUT2D eigenvalue weighted by Gasteiger charge is -2.03. The van der Waals surface area contributed by atoms with Crippen molar-refractivity contribution in [2.75, 3.05) is 13.1 Å². The Morgan fingerprint density at radius 1 is 1.25 bits per heavy atom. The molecule has 1 amide bonds. The normalized spacial score (nSPS) is 9.81. The van der Waals surface area contributed by atoms with E-state index in [4.69, 9.17) is 10.8 Å². The number of carbonyl (C=O) groups excluding carboxylic acids is 1. The number of aromatic carboxylic acids is 1. The third-order valence-corrected chi connectivity index (χ3v) is 2.12. The summed E-state index contributed by atoms with van der Waals surface area (Å²) in [5.41, 5.74) is 6.36. The average Bonchev–Trinajstić information content (AvgIpc) is 2.29. The summed E-state index contributed by atoms with van der Waals surface area (Å²) in [6.07, 6.45) is 0.658. The van der Waals surface area contributed by atoms with Gasteiger partial charge in [-0.1, -0.05) is 12.1 Å². The summed E-state index contributed by atoms with van der Waals surface area (Å²) in [5, 5.41) is 11.3. The summed E-state index contributed by atoms with van der Waals surface area (Å²) in [4.78, 5) is 21.4. The smallest absolute Gasteiger partial charge is 0.335 e. The fourth-order valence-electron chi connectivity index (χ4n) is 1.23. The minimum absolute atomic E-state index is 0.0159. The van der Waals surface area contributed by atoms with Crippen molar-refractivity contribution >= 4 is 11.9 Å². The van der Waals surface area contributed by atoms with Gasteiger partial charge in [-0.15, -0.1) is 0 Å². The van der Waals surface area contributed by atoms with Crippen molar-refractivity contribution < 1.29 is 14.7 Å². The quantitative estimate of drug-likeness (QED) is 0.654. The highest BCUT2D eigenvalue weighted by Crippen LogP contribution is 2.04. The molecule has 16 heavy (non-hydrogen) atoms. The fourth-order valence-corrected chi connectivity index (χ4v) is 1.23. The zero-order valence-electron chi connectivity index (χ0n) is 8.77. The Labute approximate surface area is 93.3 Å². The van der Waals surface area contributed by atoms with Crippen LogP contribution in [-0.4, -0.2) is 30.1 Å². The van der Waals surface area contributed by atoms with Gasteiger partial charge in [-0.25, -0.2) is 4.79 Å². The Balaban J connectivity index is 2.43. The van der Waals surface area contributed by atoms with Crippen molar-refractivity contribution in [3.05, 3.63) is 35.4 Å². The molecule has 1 aromatic rings. The van der Waals surface area contributed by atoms with E-state index in [0.29, 0.717) is 13.0 Å². The minimum atomic E-state index is -0.942. The predicted molar refractivity (Wildman–Crippen MR) is 59.2 cm³/mol. The average molecular weight is 222 g/mol. The van der Waals surface area contributed by atoms with Gasteiger partial charge in [0.2, 0.25) is 5.91 Å². The summed E-state index contributed by atoms with van der Waals surface area (Å²) in [6.45, 7) is 0.487. The van der Waals surface area contributed by atoms with Crippen LogP contribution in [0.15, 0.2) is 24.3 Å². The van der Waals surface area contributed by atoms with Crippen LogP contribution in [0.3, 0.4) is 0 Å². The van der Waals surface area contributed by atoms with Crippen LogP contribution >= 0.6 is 0 Å². The minimum Gasteiger partial charge on any atom is -0.478 e. The van der Waals surface area contributed by atoms with E-state index in [0.717, 1.165) is 5.56 Å². The number of nitrogens with two attached hydrogens (primary N) is 1. The zero-order chi connectivity index (χ0) is 12.0. The van der Waals surface area contributed by atoms with Crippen LogP contribution in [0.5, 0.6) is 0 Å². The van der Waals surface area contributed by atoms with Crippen molar-refractivity contribution in [2.24, 2.45) is 5.73 Å². The number of nitrogens with one attached hydrogen (secondary N) is 1. The van der Waals surface area contributed by atoms with Crippen LogP contribution in [-0.2, 0) is 11.2 Å². The molecule has 5 nitrogen and oxygen atoms in total. The summed E-state index contributed by atoms with van der Waals surface area (Å²) in [7, 11) is 0. The highest BCUT2D eigenvalue weighted by Gasteiger charge is 2.02. The SMILES string of the molecule is NCC(=O)NCCc1ccc(C(=O)O)cc1. The molecule has 0 atom stereocenters. The Hall–Kier alpha value is -1.88. The summed E-state index contributed by atoms with van der Waals surface area (Å²) in [6, 6.07) is 6.56. The predicted octanol–water partition coefficient (Wildman–Crippen LogP) is 0.00220. The van der Waals surface area contributed by atoms with E-state index in [1.165, 1.54) is 0 Å². The summed E-state index contributed by atoms with van der Waals surface area (Å²) < 4.78 is 0. The Bertz CT molecular complexity index is 373. The molecule has 0 bridgehead atoms. The molecular formula is C11H14N2O3. The van der Waals surface area contributed by atoms with Crippen molar-refractivity contribution in [3.63, 3.8) is 0 Å². The lowest BCUT2D eigenvalue weighted by atomic mass is 10.1. The fraction of sp³-hybridized carbons (Fsp3) is 0.273. The van der Waals surface area contributed by atoms with E-state index in [-0.39, 0.29) is 18.0 Å². The molecule has 0 aliphatic carbocycles. The lowest BCUT2D eigenvalue weighted by molar-refractivity contribution is -0.119. The Morgan fingerprint density at radius 3 is 2.38 bits per heavy atom. The second kappa shape index (κ2) is 5.87. The number of carbonyl (C=O) groups is 2. The second-order valence-corrected chi connectivity index (χ2v) is 3.31. The molecule has 0 fully saturated rings. The van der Waals surface area contributed by atoms with E-state index in [9.17, 15) is 9.59 Å². The number of rotatable bonds is 5. The lowest BCUT2D eigenvalue weighted by Crippen LogP contribution is -2.31. The van der Waals surface area contributed by atoms with E-state index in [1.54, 1.807) is 24.3 Å². The zero-order valence-corrected chi connectivity index (χ0v) is 8.77. The standard InChI is InChI=1S/C11H14N2O3/c12-7-10(14)13-6-5-8-1-3-9(4-2-8)11(15)16/h1-4H,5-7,12H2,(H,13,14)(H,15,16). The van der Waals surface area contributed by atoms with Gasteiger partial charge in [0.15, 0.2) is 0 Å². The third-order valence-electron chi connectivity index (χ3n) is 2.12. The molecule has 0 aliphatic heterocycles. The van der Waals surface area contributed by atoms with E-state index in [1.807, 2.05) is 0 Å². The summed E-state index contributed by atoms with van der Waals surface area (Å²) in [5.74, 6) is -1.13. The Kier molecular flexibility index (Phi) is 4.47. The molecule has 0 spiro atoms. The van der Waals surface area contributed by atoms with Gasteiger partial charge >= 0.3 is 5.97 Å². The van der Waals surface area contributed by atoms with Gasteiger partial charge in [0.1, 0.15) is 0 Å². The van der Waals surface area contributed by atoms with Crippen LogP contribution in [0.2, 0.25) is 0 Å². The van der Waals surface area contributed by atoms with Gasteiger partial charge in [0, 0.05) is 6.54 Å². The second-order valence-electron chi connectivity index (χ2n) is 3.31. The maximum Gasteiger partial charge on any atom is 0.335 e. The van der Waals surface area contributed by atoms with Gasteiger partial charge in [-0.3, -0.25) is 4.79 Å². The monoisotopic (exact) mass is 222 g/mol. The maximum atomic E-state index is 10.8. The third kappa shape index (κ3) is 3.70. The number of carboxylic acids is 1. The first-order valence-corrected chi connectivity index (χ1v) is 4.92. The largest absolute Gasteiger partial charge is 0.478 e.